The van der Waals surface area contributed by atoms with Crippen LogP contribution >= 0.6 is 11.3 Å². The summed E-state index contributed by atoms with van der Waals surface area (Å²) < 4.78 is 5.05. The Morgan fingerprint density at radius 3 is 3.16 bits per heavy atom. The molecule has 0 saturated carbocycles. The Morgan fingerprint density at radius 2 is 2.37 bits per heavy atom. The van der Waals surface area contributed by atoms with Crippen molar-refractivity contribution in [3.05, 3.63) is 39.1 Å². The Labute approximate surface area is 113 Å². The predicted octanol–water partition coefficient (Wildman–Crippen LogP) is 2.13. The highest BCUT2D eigenvalue weighted by Gasteiger charge is 2.08. The van der Waals surface area contributed by atoms with E-state index in [0.29, 0.717) is 11.1 Å². The molecular formula is C13H13N3O2S. The van der Waals surface area contributed by atoms with Gasteiger partial charge in [0.1, 0.15) is 0 Å². The third-order valence-corrected chi connectivity index (χ3v) is 3.64. The average Bonchev–Trinajstić information content (AvgIpc) is 2.92. The minimum absolute atomic E-state index is 0.101. The molecule has 0 amide bonds. The van der Waals surface area contributed by atoms with Crippen molar-refractivity contribution in [2.45, 2.75) is 19.4 Å². The molecule has 1 unspecified atom stereocenters. The molecule has 0 fully saturated rings. The van der Waals surface area contributed by atoms with Gasteiger partial charge in [-0.3, -0.25) is 4.98 Å². The average molecular weight is 275 g/mol. The van der Waals surface area contributed by atoms with Crippen LogP contribution in [0.4, 0.5) is 0 Å². The lowest BCUT2D eigenvalue weighted by Gasteiger charge is -1.99. The van der Waals surface area contributed by atoms with Gasteiger partial charge in [0.15, 0.2) is 5.58 Å². The Kier molecular flexibility index (Phi) is 2.96. The summed E-state index contributed by atoms with van der Waals surface area (Å²) in [6, 6.07) is 5.65. The molecule has 2 heterocycles. The van der Waals surface area contributed by atoms with E-state index < -0.39 is 5.76 Å². The first-order valence-electron chi connectivity index (χ1n) is 5.95. The molecule has 98 valence electrons. The third-order valence-electron chi connectivity index (χ3n) is 2.77. The molecule has 6 heteroatoms. The molecule has 19 heavy (non-hydrogen) atoms. The fourth-order valence-corrected chi connectivity index (χ4v) is 2.86. The maximum Gasteiger partial charge on any atom is 0.417 e. The first-order valence-corrected chi connectivity index (χ1v) is 6.83. The Morgan fingerprint density at radius 1 is 1.53 bits per heavy atom. The summed E-state index contributed by atoms with van der Waals surface area (Å²) >= 11 is 1.59. The van der Waals surface area contributed by atoms with Gasteiger partial charge >= 0.3 is 5.76 Å². The fourth-order valence-electron chi connectivity index (χ4n) is 1.92. The monoisotopic (exact) mass is 275 g/mol. The summed E-state index contributed by atoms with van der Waals surface area (Å²) in [5.41, 5.74) is 8.82. The van der Waals surface area contributed by atoms with Crippen LogP contribution in [0, 0.1) is 0 Å². The van der Waals surface area contributed by atoms with E-state index in [2.05, 4.69) is 9.97 Å². The van der Waals surface area contributed by atoms with Gasteiger partial charge in [-0.05, 0) is 19.1 Å². The van der Waals surface area contributed by atoms with Gasteiger partial charge in [-0.15, -0.1) is 11.3 Å². The molecule has 3 aromatic rings. The zero-order chi connectivity index (χ0) is 13.4. The lowest BCUT2D eigenvalue weighted by atomic mass is 10.1. The molecule has 0 saturated heterocycles. The highest BCUT2D eigenvalue weighted by atomic mass is 32.1. The molecule has 5 nitrogen and oxygen atoms in total. The second-order valence-electron chi connectivity index (χ2n) is 4.53. The minimum Gasteiger partial charge on any atom is -0.408 e. The molecule has 3 rings (SSSR count). The molecule has 1 atom stereocenters. The molecule has 0 bridgehead atoms. The van der Waals surface area contributed by atoms with E-state index in [9.17, 15) is 4.79 Å². The Bertz CT molecular complexity index is 769. The quantitative estimate of drug-likeness (QED) is 0.767. The number of aromatic nitrogens is 2. The Hall–Kier alpha value is -1.92. The van der Waals surface area contributed by atoms with Gasteiger partial charge in [0.2, 0.25) is 0 Å². The topological polar surface area (TPSA) is 84.9 Å². The molecule has 0 spiro atoms. The first kappa shape index (κ1) is 12.1. The van der Waals surface area contributed by atoms with Gasteiger partial charge in [0.05, 0.1) is 16.2 Å². The van der Waals surface area contributed by atoms with Crippen molar-refractivity contribution >= 4 is 22.4 Å². The number of nitrogens with zero attached hydrogens (tertiary/aromatic N) is 1. The van der Waals surface area contributed by atoms with E-state index in [4.69, 9.17) is 10.2 Å². The van der Waals surface area contributed by atoms with Crippen LogP contribution in [0.15, 0.2) is 32.8 Å². The number of hydrogen-bond acceptors (Lipinski definition) is 5. The molecule has 1 aromatic carbocycles. The lowest BCUT2D eigenvalue weighted by molar-refractivity contribution is 0.555. The van der Waals surface area contributed by atoms with E-state index in [-0.39, 0.29) is 6.04 Å². The lowest BCUT2D eigenvalue weighted by Crippen LogP contribution is -2.17. The zero-order valence-electron chi connectivity index (χ0n) is 10.3. The summed E-state index contributed by atoms with van der Waals surface area (Å²) in [7, 11) is 0. The van der Waals surface area contributed by atoms with Crippen molar-refractivity contribution in [1.82, 2.24) is 9.97 Å². The highest BCUT2D eigenvalue weighted by molar-refractivity contribution is 7.09. The normalized spacial score (nSPS) is 12.9. The number of nitrogens with two attached hydrogens (primary N) is 1. The number of rotatable bonds is 3. The van der Waals surface area contributed by atoms with Crippen molar-refractivity contribution in [3.63, 3.8) is 0 Å². The summed E-state index contributed by atoms with van der Waals surface area (Å²) in [5.74, 6) is -0.442. The molecule has 0 aliphatic carbocycles. The van der Waals surface area contributed by atoms with Crippen LogP contribution in [0.3, 0.4) is 0 Å². The molecule has 3 N–H and O–H groups in total. The molecule has 2 aromatic heterocycles. The Balaban J connectivity index is 1.98. The van der Waals surface area contributed by atoms with E-state index in [0.717, 1.165) is 22.7 Å². The van der Waals surface area contributed by atoms with Gasteiger partial charge in [-0.1, -0.05) is 6.07 Å². The summed E-state index contributed by atoms with van der Waals surface area (Å²) in [6.07, 6.45) is 0.770. The van der Waals surface area contributed by atoms with Gasteiger partial charge in [-0.25, -0.2) is 9.78 Å². The van der Waals surface area contributed by atoms with E-state index in [1.54, 1.807) is 11.3 Å². The molecule has 0 aliphatic heterocycles. The van der Waals surface area contributed by atoms with Crippen LogP contribution in [0.2, 0.25) is 0 Å². The summed E-state index contributed by atoms with van der Waals surface area (Å²) in [6.45, 7) is 1.96. The van der Waals surface area contributed by atoms with Crippen LogP contribution in [0.25, 0.3) is 22.4 Å². The maximum atomic E-state index is 11.1. The summed E-state index contributed by atoms with van der Waals surface area (Å²) in [5, 5.41) is 3.00. The van der Waals surface area contributed by atoms with Crippen LogP contribution in [0.5, 0.6) is 0 Å². The third kappa shape index (κ3) is 2.45. The van der Waals surface area contributed by atoms with Gasteiger partial charge in [0.25, 0.3) is 0 Å². The van der Waals surface area contributed by atoms with Crippen LogP contribution in [-0.4, -0.2) is 16.0 Å². The van der Waals surface area contributed by atoms with Crippen molar-refractivity contribution in [2.24, 2.45) is 5.73 Å². The van der Waals surface area contributed by atoms with Gasteiger partial charge in [-0.2, -0.15) is 0 Å². The van der Waals surface area contributed by atoms with Crippen molar-refractivity contribution in [3.8, 4) is 11.3 Å². The number of hydrogen-bond donors (Lipinski definition) is 2. The molecule has 0 aliphatic rings. The van der Waals surface area contributed by atoms with Crippen LogP contribution in [-0.2, 0) is 6.42 Å². The van der Waals surface area contributed by atoms with E-state index in [1.807, 2.05) is 30.5 Å². The zero-order valence-corrected chi connectivity index (χ0v) is 11.2. The number of fused-ring (bicyclic) bond motifs is 1. The number of oxazole rings is 1. The maximum absolute atomic E-state index is 11.1. The highest BCUT2D eigenvalue weighted by Crippen LogP contribution is 2.25. The number of thiazole rings is 1. The SMILES string of the molecule is CC(N)Cc1nc(-c2ccc3[nH]c(=O)oc3c2)cs1. The smallest absolute Gasteiger partial charge is 0.408 e. The van der Waals surface area contributed by atoms with Crippen LogP contribution < -0.4 is 11.5 Å². The van der Waals surface area contributed by atoms with Gasteiger partial charge < -0.3 is 10.2 Å². The van der Waals surface area contributed by atoms with Crippen LogP contribution in [0.1, 0.15) is 11.9 Å². The predicted molar refractivity (Wildman–Crippen MR) is 75.3 cm³/mol. The second kappa shape index (κ2) is 4.64. The minimum atomic E-state index is -0.442. The number of aromatic amines is 1. The van der Waals surface area contributed by atoms with Crippen molar-refractivity contribution in [2.75, 3.05) is 0 Å². The van der Waals surface area contributed by atoms with Crippen molar-refractivity contribution in [1.29, 1.82) is 0 Å². The summed E-state index contributed by atoms with van der Waals surface area (Å²) in [4.78, 5) is 18.3. The molecular weight excluding hydrogens is 262 g/mol. The second-order valence-corrected chi connectivity index (χ2v) is 5.48. The fraction of sp³-hybridized carbons (Fsp3) is 0.231. The van der Waals surface area contributed by atoms with E-state index >= 15 is 0 Å². The van der Waals surface area contributed by atoms with Crippen molar-refractivity contribution < 1.29 is 4.42 Å². The number of benzene rings is 1. The molecule has 0 radical (unpaired) electrons. The number of nitrogens with one attached hydrogen (secondary N) is 1. The van der Waals surface area contributed by atoms with E-state index in [1.165, 1.54) is 0 Å². The standard InChI is InChI=1S/C13H13N3O2S/c1-7(14)4-12-15-10(6-19-12)8-2-3-9-11(5-8)18-13(17)16-9/h2-3,5-7H,4,14H2,1H3,(H,16,17). The first-order chi connectivity index (χ1) is 9.11. The largest absolute Gasteiger partial charge is 0.417 e. The van der Waals surface area contributed by atoms with Gasteiger partial charge in [0, 0.05) is 23.4 Å². The number of H-pyrrole nitrogens is 1.